The predicted octanol–water partition coefficient (Wildman–Crippen LogP) is 15.5. The van der Waals surface area contributed by atoms with E-state index in [0.29, 0.717) is 52.0 Å². The lowest BCUT2D eigenvalue weighted by atomic mass is 10.0. The standard InChI is InChI=1S/C55H105NO8/c1-6-10-14-18-22-30-38-50(39-31-23-19-15-11-7-2)63-54(59)44-36-28-26-34-42-52(57)61-48-46-56(5)47-49-62-53(58)43-35-27-29-37-45-55(60)64-51(40-32-24-20-16-12-8-3)41-33-25-21-17-13-9-4/h50-51H,6-49H2,1-5H3. The Labute approximate surface area is 395 Å². The van der Waals surface area contributed by atoms with Crippen LogP contribution in [-0.2, 0) is 38.1 Å². The molecule has 0 bridgehead atoms. The average molecular weight is 908 g/mol. The fourth-order valence-electron chi connectivity index (χ4n) is 8.29. The SMILES string of the molecule is CCCCCCCCC(CCCCCCCC)OC(=O)CCCCCCC(=O)OCCN(C)CCOC(=O)CCCCCCC(=O)OC(CCCCCCCC)CCCCCCCC. The number of nitrogens with zero attached hydrogens (tertiary/aromatic N) is 1. The molecule has 0 fully saturated rings. The third kappa shape index (κ3) is 45.0. The van der Waals surface area contributed by atoms with Crippen molar-refractivity contribution in [1.29, 1.82) is 0 Å². The van der Waals surface area contributed by atoms with Gasteiger partial charge in [-0.3, -0.25) is 24.1 Å². The summed E-state index contributed by atoms with van der Waals surface area (Å²) in [5, 5.41) is 0. The first kappa shape index (κ1) is 61.8. The normalized spacial score (nSPS) is 11.5. The molecule has 0 atom stereocenters. The van der Waals surface area contributed by atoms with E-state index in [1.165, 1.54) is 128 Å². The molecule has 9 nitrogen and oxygen atoms in total. The quantitative estimate of drug-likeness (QED) is 0.0335. The Morgan fingerprint density at radius 3 is 0.844 bits per heavy atom. The summed E-state index contributed by atoms with van der Waals surface area (Å²) in [7, 11) is 1.93. The van der Waals surface area contributed by atoms with Crippen LogP contribution < -0.4 is 0 Å². The molecule has 0 saturated carbocycles. The number of likely N-dealkylation sites (N-methyl/N-ethyl adjacent to an activating group) is 1. The minimum Gasteiger partial charge on any atom is -0.464 e. The van der Waals surface area contributed by atoms with Crippen LogP contribution in [0.5, 0.6) is 0 Å². The minimum atomic E-state index is -0.195. The molecule has 0 aliphatic rings. The van der Waals surface area contributed by atoms with Crippen molar-refractivity contribution in [2.75, 3.05) is 33.4 Å². The van der Waals surface area contributed by atoms with Crippen molar-refractivity contribution in [2.45, 2.75) is 297 Å². The fraction of sp³-hybridized carbons (Fsp3) is 0.927. The Morgan fingerprint density at radius 2 is 0.562 bits per heavy atom. The molecule has 0 rings (SSSR count). The molecule has 9 heteroatoms. The van der Waals surface area contributed by atoms with E-state index in [1.54, 1.807) is 0 Å². The van der Waals surface area contributed by atoms with Crippen molar-refractivity contribution in [3.05, 3.63) is 0 Å². The molecule has 0 amide bonds. The lowest BCUT2D eigenvalue weighted by Gasteiger charge is -2.18. The second-order valence-corrected chi connectivity index (χ2v) is 19.0. The molecule has 0 aromatic carbocycles. The summed E-state index contributed by atoms with van der Waals surface area (Å²) in [6, 6.07) is 0. The maximum Gasteiger partial charge on any atom is 0.306 e. The predicted molar refractivity (Wildman–Crippen MR) is 267 cm³/mol. The Kier molecular flexibility index (Phi) is 47.1. The molecule has 0 spiro atoms. The van der Waals surface area contributed by atoms with Crippen LogP contribution in [0.25, 0.3) is 0 Å². The summed E-state index contributed by atoms with van der Waals surface area (Å²) in [6.07, 6.45) is 42.5. The van der Waals surface area contributed by atoms with E-state index in [-0.39, 0.29) is 36.1 Å². The summed E-state index contributed by atoms with van der Waals surface area (Å²) in [6.45, 7) is 10.7. The Morgan fingerprint density at radius 1 is 0.328 bits per heavy atom. The summed E-state index contributed by atoms with van der Waals surface area (Å²) in [5.41, 5.74) is 0. The second kappa shape index (κ2) is 48.8. The Bertz CT molecular complexity index is 941. The molecule has 378 valence electrons. The number of carbonyl (C=O) groups is 4. The van der Waals surface area contributed by atoms with Crippen molar-refractivity contribution in [3.63, 3.8) is 0 Å². The summed E-state index contributed by atoms with van der Waals surface area (Å²) >= 11 is 0. The molecule has 0 saturated heterocycles. The van der Waals surface area contributed by atoms with Crippen LogP contribution in [0, 0.1) is 0 Å². The monoisotopic (exact) mass is 908 g/mol. The first-order chi connectivity index (χ1) is 31.2. The van der Waals surface area contributed by atoms with E-state index >= 15 is 0 Å². The zero-order valence-electron chi connectivity index (χ0n) is 43.0. The van der Waals surface area contributed by atoms with Crippen molar-refractivity contribution >= 4 is 23.9 Å². The van der Waals surface area contributed by atoms with Crippen molar-refractivity contribution < 1.29 is 38.1 Å². The van der Waals surface area contributed by atoms with E-state index in [4.69, 9.17) is 18.9 Å². The van der Waals surface area contributed by atoms with Gasteiger partial charge in [0, 0.05) is 38.8 Å². The number of hydrogen-bond donors (Lipinski definition) is 0. The lowest BCUT2D eigenvalue weighted by molar-refractivity contribution is -0.151. The molecule has 0 radical (unpaired) electrons. The largest absolute Gasteiger partial charge is 0.464 e. The van der Waals surface area contributed by atoms with Gasteiger partial charge in [0.1, 0.15) is 25.4 Å². The highest BCUT2D eigenvalue weighted by Crippen LogP contribution is 2.20. The van der Waals surface area contributed by atoms with Gasteiger partial charge in [0.2, 0.25) is 0 Å². The van der Waals surface area contributed by atoms with Gasteiger partial charge in [0.25, 0.3) is 0 Å². The molecule has 0 aromatic rings. The van der Waals surface area contributed by atoms with Crippen LogP contribution in [0.3, 0.4) is 0 Å². The number of hydrogen-bond acceptors (Lipinski definition) is 9. The average Bonchev–Trinajstić information content (AvgIpc) is 3.27. The van der Waals surface area contributed by atoms with Gasteiger partial charge in [-0.25, -0.2) is 0 Å². The maximum absolute atomic E-state index is 12.7. The van der Waals surface area contributed by atoms with Gasteiger partial charge in [0.05, 0.1) is 0 Å². The molecular weight excluding hydrogens is 803 g/mol. The summed E-state index contributed by atoms with van der Waals surface area (Å²) < 4.78 is 22.8. The lowest BCUT2D eigenvalue weighted by Crippen LogP contribution is -2.28. The van der Waals surface area contributed by atoms with Crippen LogP contribution in [0.1, 0.15) is 285 Å². The second-order valence-electron chi connectivity index (χ2n) is 19.0. The van der Waals surface area contributed by atoms with Crippen LogP contribution in [0.15, 0.2) is 0 Å². The molecule has 0 aromatic heterocycles. The van der Waals surface area contributed by atoms with Gasteiger partial charge in [-0.15, -0.1) is 0 Å². The Balaban J connectivity index is 4.03. The molecule has 0 aliphatic heterocycles. The van der Waals surface area contributed by atoms with Crippen LogP contribution in [0.2, 0.25) is 0 Å². The molecular formula is C55H105NO8. The van der Waals surface area contributed by atoms with E-state index in [2.05, 4.69) is 27.7 Å². The van der Waals surface area contributed by atoms with E-state index in [9.17, 15) is 19.2 Å². The number of rotatable bonds is 50. The van der Waals surface area contributed by atoms with Gasteiger partial charge < -0.3 is 18.9 Å². The highest BCUT2D eigenvalue weighted by atomic mass is 16.6. The number of ether oxygens (including phenoxy) is 4. The molecule has 0 aliphatic carbocycles. The zero-order chi connectivity index (χ0) is 47.0. The minimum absolute atomic E-state index is 0.0584. The number of esters is 4. The van der Waals surface area contributed by atoms with E-state index in [1.807, 2.05) is 11.9 Å². The maximum atomic E-state index is 12.7. The van der Waals surface area contributed by atoms with Crippen LogP contribution >= 0.6 is 0 Å². The summed E-state index contributed by atoms with van der Waals surface area (Å²) in [5.74, 6) is -0.523. The van der Waals surface area contributed by atoms with E-state index < -0.39 is 0 Å². The molecule has 0 N–H and O–H groups in total. The fourth-order valence-corrected chi connectivity index (χ4v) is 8.29. The van der Waals surface area contributed by atoms with Gasteiger partial charge in [-0.05, 0) is 84.1 Å². The van der Waals surface area contributed by atoms with Crippen LogP contribution in [0.4, 0.5) is 0 Å². The first-order valence-corrected chi connectivity index (χ1v) is 27.6. The van der Waals surface area contributed by atoms with Gasteiger partial charge in [0.15, 0.2) is 0 Å². The zero-order valence-corrected chi connectivity index (χ0v) is 43.0. The Hall–Kier alpha value is -2.16. The first-order valence-electron chi connectivity index (χ1n) is 27.6. The van der Waals surface area contributed by atoms with Crippen molar-refractivity contribution in [1.82, 2.24) is 4.90 Å². The van der Waals surface area contributed by atoms with Gasteiger partial charge in [-0.1, -0.05) is 182 Å². The summed E-state index contributed by atoms with van der Waals surface area (Å²) in [4.78, 5) is 51.9. The van der Waals surface area contributed by atoms with Crippen LogP contribution in [-0.4, -0.2) is 74.3 Å². The number of carbonyl (C=O) groups excluding carboxylic acids is 4. The smallest absolute Gasteiger partial charge is 0.306 e. The van der Waals surface area contributed by atoms with Crippen molar-refractivity contribution in [2.24, 2.45) is 0 Å². The molecule has 64 heavy (non-hydrogen) atoms. The third-order valence-corrected chi connectivity index (χ3v) is 12.6. The van der Waals surface area contributed by atoms with Crippen molar-refractivity contribution in [3.8, 4) is 0 Å². The number of unbranched alkanes of at least 4 members (excludes halogenated alkanes) is 26. The van der Waals surface area contributed by atoms with E-state index in [0.717, 1.165) is 103 Å². The highest BCUT2D eigenvalue weighted by Gasteiger charge is 2.16. The topological polar surface area (TPSA) is 108 Å². The highest BCUT2D eigenvalue weighted by molar-refractivity contribution is 5.70. The van der Waals surface area contributed by atoms with Gasteiger partial charge >= 0.3 is 23.9 Å². The molecule has 0 heterocycles. The third-order valence-electron chi connectivity index (χ3n) is 12.6. The van der Waals surface area contributed by atoms with Gasteiger partial charge in [-0.2, -0.15) is 0 Å². The molecule has 0 unspecified atom stereocenters.